The monoisotopic (exact) mass is 298 g/mol. The fraction of sp³-hybridized carbons (Fsp3) is 0.684. The number of rotatable bonds is 2. The van der Waals surface area contributed by atoms with E-state index in [9.17, 15) is 4.79 Å². The number of hydrogen-bond donors (Lipinski definition) is 0. The zero-order valence-electron chi connectivity index (χ0n) is 13.3. The van der Waals surface area contributed by atoms with Gasteiger partial charge in [0.1, 0.15) is 5.82 Å². The number of anilines is 1. The number of carbonyl (C=O) groups is 1. The standard InChI is InChI=1S/C19H26N2O/c22-19(17-10-8-15(9-11-17)14-4-1-5-14)21-13-3-7-16-6-2-12-20-18(16)21/h2,6,12,14-15,17H,1,3-5,7-11,13H2. The lowest BCUT2D eigenvalue weighted by Gasteiger charge is -2.39. The molecule has 0 N–H and O–H groups in total. The van der Waals surface area contributed by atoms with Crippen LogP contribution in [0.4, 0.5) is 5.82 Å². The van der Waals surface area contributed by atoms with Crippen molar-refractivity contribution in [3.63, 3.8) is 0 Å². The SMILES string of the molecule is O=C(C1CCC(C2CCC2)CC1)N1CCCc2cccnc21. The highest BCUT2D eigenvalue weighted by molar-refractivity contribution is 5.95. The number of fused-ring (bicyclic) bond motifs is 1. The van der Waals surface area contributed by atoms with E-state index in [2.05, 4.69) is 11.1 Å². The second-order valence-electron chi connectivity index (χ2n) is 7.38. The third-order valence-electron chi connectivity index (χ3n) is 6.15. The van der Waals surface area contributed by atoms with Gasteiger partial charge in [-0.25, -0.2) is 4.98 Å². The maximum atomic E-state index is 13.0. The molecule has 118 valence electrons. The second kappa shape index (κ2) is 6.02. The van der Waals surface area contributed by atoms with Crippen LogP contribution >= 0.6 is 0 Å². The number of nitrogens with zero attached hydrogens (tertiary/aromatic N) is 2. The zero-order valence-corrected chi connectivity index (χ0v) is 13.3. The van der Waals surface area contributed by atoms with Crippen molar-refractivity contribution in [3.05, 3.63) is 23.9 Å². The lowest BCUT2D eigenvalue weighted by molar-refractivity contribution is -0.124. The van der Waals surface area contributed by atoms with Crippen LogP contribution in [-0.2, 0) is 11.2 Å². The quantitative estimate of drug-likeness (QED) is 0.828. The van der Waals surface area contributed by atoms with Gasteiger partial charge in [0.2, 0.25) is 5.91 Å². The lowest BCUT2D eigenvalue weighted by atomic mass is 9.68. The highest BCUT2D eigenvalue weighted by Crippen LogP contribution is 2.43. The van der Waals surface area contributed by atoms with Crippen molar-refractivity contribution < 1.29 is 4.79 Å². The molecule has 1 aromatic rings. The minimum Gasteiger partial charge on any atom is -0.296 e. The molecule has 2 aliphatic carbocycles. The normalized spacial score (nSPS) is 28.8. The van der Waals surface area contributed by atoms with E-state index in [4.69, 9.17) is 0 Å². The van der Waals surface area contributed by atoms with Crippen LogP contribution in [0.15, 0.2) is 18.3 Å². The fourth-order valence-corrected chi connectivity index (χ4v) is 4.59. The molecule has 2 heterocycles. The molecule has 0 radical (unpaired) electrons. The van der Waals surface area contributed by atoms with Gasteiger partial charge in [0.25, 0.3) is 0 Å². The molecule has 0 bridgehead atoms. The maximum absolute atomic E-state index is 13.0. The van der Waals surface area contributed by atoms with Crippen LogP contribution in [0.2, 0.25) is 0 Å². The first-order valence-corrected chi connectivity index (χ1v) is 9.08. The molecule has 2 fully saturated rings. The van der Waals surface area contributed by atoms with Gasteiger partial charge in [0, 0.05) is 18.7 Å². The van der Waals surface area contributed by atoms with E-state index in [1.54, 1.807) is 0 Å². The number of aryl methyl sites for hydroxylation is 1. The van der Waals surface area contributed by atoms with Crippen LogP contribution in [0.3, 0.4) is 0 Å². The molecule has 3 aliphatic rings. The number of amides is 1. The molecule has 0 aromatic carbocycles. The smallest absolute Gasteiger partial charge is 0.231 e. The van der Waals surface area contributed by atoms with Crippen molar-refractivity contribution in [2.75, 3.05) is 11.4 Å². The topological polar surface area (TPSA) is 33.2 Å². The molecule has 3 heteroatoms. The Hall–Kier alpha value is -1.38. The summed E-state index contributed by atoms with van der Waals surface area (Å²) in [5, 5.41) is 0. The fourth-order valence-electron chi connectivity index (χ4n) is 4.59. The Morgan fingerprint density at radius 1 is 1.05 bits per heavy atom. The number of aromatic nitrogens is 1. The van der Waals surface area contributed by atoms with Crippen molar-refractivity contribution >= 4 is 11.7 Å². The molecular formula is C19H26N2O. The lowest BCUT2D eigenvalue weighted by Crippen LogP contribution is -2.42. The summed E-state index contributed by atoms with van der Waals surface area (Å²) in [4.78, 5) is 19.4. The van der Waals surface area contributed by atoms with E-state index in [1.807, 2.05) is 17.2 Å². The molecule has 0 spiro atoms. The van der Waals surface area contributed by atoms with Gasteiger partial charge >= 0.3 is 0 Å². The Morgan fingerprint density at radius 3 is 2.55 bits per heavy atom. The summed E-state index contributed by atoms with van der Waals surface area (Å²) in [6, 6.07) is 4.10. The third kappa shape index (κ3) is 2.55. The van der Waals surface area contributed by atoms with Gasteiger partial charge in [-0.15, -0.1) is 0 Å². The third-order valence-corrected chi connectivity index (χ3v) is 6.15. The van der Waals surface area contributed by atoms with Crippen molar-refractivity contribution in [3.8, 4) is 0 Å². The van der Waals surface area contributed by atoms with E-state index in [0.717, 1.165) is 49.9 Å². The summed E-state index contributed by atoms with van der Waals surface area (Å²) in [6.45, 7) is 0.853. The Labute approximate surface area is 133 Å². The zero-order chi connectivity index (χ0) is 14.9. The molecule has 4 rings (SSSR count). The van der Waals surface area contributed by atoms with Gasteiger partial charge in [-0.2, -0.15) is 0 Å². The van der Waals surface area contributed by atoms with Gasteiger partial charge in [0.15, 0.2) is 0 Å². The molecule has 0 saturated heterocycles. The Kier molecular flexibility index (Phi) is 3.89. The Bertz CT molecular complexity index is 544. The first-order valence-electron chi connectivity index (χ1n) is 9.08. The molecule has 3 nitrogen and oxygen atoms in total. The van der Waals surface area contributed by atoms with E-state index in [0.29, 0.717) is 5.91 Å². The number of carbonyl (C=O) groups excluding carboxylic acids is 1. The van der Waals surface area contributed by atoms with Crippen LogP contribution in [0.25, 0.3) is 0 Å². The highest BCUT2D eigenvalue weighted by atomic mass is 16.2. The predicted octanol–water partition coefficient (Wildman–Crippen LogP) is 3.97. The van der Waals surface area contributed by atoms with Gasteiger partial charge in [-0.05, 0) is 62.0 Å². The predicted molar refractivity (Wildman–Crippen MR) is 87.7 cm³/mol. The second-order valence-corrected chi connectivity index (χ2v) is 7.38. The van der Waals surface area contributed by atoms with E-state index < -0.39 is 0 Å². The van der Waals surface area contributed by atoms with Crippen LogP contribution in [0.1, 0.15) is 56.9 Å². The molecule has 2 saturated carbocycles. The molecule has 1 amide bonds. The summed E-state index contributed by atoms with van der Waals surface area (Å²) in [5.41, 5.74) is 1.24. The Balaban J connectivity index is 1.42. The maximum Gasteiger partial charge on any atom is 0.231 e. The van der Waals surface area contributed by atoms with E-state index in [-0.39, 0.29) is 5.92 Å². The summed E-state index contributed by atoms with van der Waals surface area (Å²) >= 11 is 0. The van der Waals surface area contributed by atoms with Crippen LogP contribution in [0, 0.1) is 17.8 Å². The summed E-state index contributed by atoms with van der Waals surface area (Å²) in [5.74, 6) is 3.40. The minimum atomic E-state index is 0.240. The van der Waals surface area contributed by atoms with Gasteiger partial charge in [-0.1, -0.05) is 25.3 Å². The van der Waals surface area contributed by atoms with E-state index in [1.165, 1.54) is 37.7 Å². The molecular weight excluding hydrogens is 272 g/mol. The summed E-state index contributed by atoms with van der Waals surface area (Å²) in [7, 11) is 0. The minimum absolute atomic E-state index is 0.240. The summed E-state index contributed by atoms with van der Waals surface area (Å²) < 4.78 is 0. The molecule has 0 unspecified atom stereocenters. The molecule has 22 heavy (non-hydrogen) atoms. The van der Waals surface area contributed by atoms with Gasteiger partial charge in [-0.3, -0.25) is 9.69 Å². The largest absolute Gasteiger partial charge is 0.296 e. The average molecular weight is 298 g/mol. The van der Waals surface area contributed by atoms with Crippen LogP contribution in [0.5, 0.6) is 0 Å². The van der Waals surface area contributed by atoms with E-state index >= 15 is 0 Å². The van der Waals surface area contributed by atoms with Crippen molar-refractivity contribution in [2.45, 2.75) is 57.8 Å². The highest BCUT2D eigenvalue weighted by Gasteiger charge is 2.35. The van der Waals surface area contributed by atoms with Crippen molar-refractivity contribution in [1.29, 1.82) is 0 Å². The summed E-state index contributed by atoms with van der Waals surface area (Å²) in [6.07, 6.45) is 13.0. The van der Waals surface area contributed by atoms with Crippen molar-refractivity contribution in [1.82, 2.24) is 4.98 Å². The molecule has 1 aliphatic heterocycles. The van der Waals surface area contributed by atoms with Crippen LogP contribution < -0.4 is 4.90 Å². The molecule has 1 aromatic heterocycles. The first kappa shape index (κ1) is 14.2. The van der Waals surface area contributed by atoms with Gasteiger partial charge in [0.05, 0.1) is 0 Å². The van der Waals surface area contributed by atoms with Gasteiger partial charge < -0.3 is 0 Å². The number of pyridine rings is 1. The number of hydrogen-bond acceptors (Lipinski definition) is 2. The first-order chi connectivity index (χ1) is 10.8. The van der Waals surface area contributed by atoms with Crippen molar-refractivity contribution in [2.24, 2.45) is 17.8 Å². The Morgan fingerprint density at radius 2 is 1.82 bits per heavy atom. The molecule has 0 atom stereocenters. The average Bonchev–Trinajstić information content (AvgIpc) is 2.53. The van der Waals surface area contributed by atoms with Crippen LogP contribution in [-0.4, -0.2) is 17.4 Å².